The Morgan fingerprint density at radius 1 is 1.12 bits per heavy atom. The molecule has 1 aromatic carbocycles. The molecule has 0 radical (unpaired) electrons. The van der Waals surface area contributed by atoms with Crippen LogP contribution in [0.3, 0.4) is 0 Å². The number of rotatable bonds is 3. The van der Waals surface area contributed by atoms with Crippen LogP contribution in [0.1, 0.15) is 10.5 Å². The second-order valence-electron chi connectivity index (χ2n) is 5.61. The highest BCUT2D eigenvalue weighted by Crippen LogP contribution is 2.28. The van der Waals surface area contributed by atoms with Gasteiger partial charge in [-0.3, -0.25) is 0 Å². The first-order chi connectivity index (χ1) is 11.7. The maximum Gasteiger partial charge on any atom is 0.354 e. The molecule has 0 spiro atoms. The van der Waals surface area contributed by atoms with Crippen molar-refractivity contribution in [3.8, 4) is 0 Å². The van der Waals surface area contributed by atoms with Crippen LogP contribution < -0.4 is 4.90 Å². The molecule has 0 bridgehead atoms. The number of carbonyl (C=O) groups excluding carboxylic acids is 1. The molecule has 0 aliphatic carbocycles. The monoisotopic (exact) mass is 320 g/mol. The van der Waals surface area contributed by atoms with E-state index in [4.69, 9.17) is 4.74 Å². The molecule has 0 fully saturated rings. The van der Waals surface area contributed by atoms with Crippen molar-refractivity contribution in [1.82, 2.24) is 15.0 Å². The van der Waals surface area contributed by atoms with E-state index in [1.165, 1.54) is 12.5 Å². The van der Waals surface area contributed by atoms with E-state index in [1.807, 2.05) is 25.4 Å². The zero-order chi connectivity index (χ0) is 16.7. The van der Waals surface area contributed by atoms with Gasteiger partial charge in [-0.25, -0.2) is 9.78 Å². The number of H-pyrrole nitrogens is 2. The number of aromatic amines is 2. The topological polar surface area (TPSA) is 74.0 Å². The summed E-state index contributed by atoms with van der Waals surface area (Å²) < 4.78 is 4.73. The third-order valence-electron chi connectivity index (χ3n) is 4.17. The van der Waals surface area contributed by atoms with Gasteiger partial charge in [-0.15, -0.1) is 0 Å². The predicted molar refractivity (Wildman–Crippen MR) is 93.8 cm³/mol. The minimum absolute atomic E-state index is 0.396. The van der Waals surface area contributed by atoms with Gasteiger partial charge in [0.1, 0.15) is 11.3 Å². The molecule has 6 nitrogen and oxygen atoms in total. The fourth-order valence-electron chi connectivity index (χ4n) is 2.80. The molecule has 0 aliphatic rings. The van der Waals surface area contributed by atoms with Crippen LogP contribution in [-0.2, 0) is 4.74 Å². The van der Waals surface area contributed by atoms with Crippen LogP contribution >= 0.6 is 0 Å². The lowest BCUT2D eigenvalue weighted by molar-refractivity contribution is 0.0595. The number of anilines is 2. The van der Waals surface area contributed by atoms with E-state index in [2.05, 4.69) is 38.1 Å². The number of nitrogens with one attached hydrogen (secondary N) is 2. The van der Waals surface area contributed by atoms with E-state index >= 15 is 0 Å². The lowest BCUT2D eigenvalue weighted by atomic mass is 10.2. The zero-order valence-corrected chi connectivity index (χ0v) is 13.3. The standard InChI is InChI=1S/C18H16N4O2/c1-22(13-4-3-11-5-6-19-15(11)9-13)14-7-12-8-16(18(23)24-2)21-17(12)20-10-14/h3-10,19H,1-2H3,(H,20,21). The molecule has 0 aliphatic heterocycles. The number of methoxy groups -OCH3 is 1. The van der Waals surface area contributed by atoms with Gasteiger partial charge in [-0.1, -0.05) is 6.07 Å². The highest BCUT2D eigenvalue weighted by atomic mass is 16.5. The van der Waals surface area contributed by atoms with Crippen LogP contribution in [0.15, 0.2) is 48.8 Å². The number of esters is 1. The van der Waals surface area contributed by atoms with Crippen molar-refractivity contribution in [2.75, 3.05) is 19.1 Å². The number of carbonyl (C=O) groups is 1. The maximum absolute atomic E-state index is 11.6. The molecule has 4 rings (SSSR count). The smallest absolute Gasteiger partial charge is 0.354 e. The number of pyridine rings is 1. The quantitative estimate of drug-likeness (QED) is 0.566. The second-order valence-corrected chi connectivity index (χ2v) is 5.61. The number of ether oxygens (including phenoxy) is 1. The summed E-state index contributed by atoms with van der Waals surface area (Å²) in [7, 11) is 3.35. The highest BCUT2D eigenvalue weighted by molar-refractivity contribution is 5.94. The molecule has 120 valence electrons. The SMILES string of the molecule is COC(=O)c1cc2cc(N(C)c3ccc4cc[nH]c4c3)cnc2[nH]1. The van der Waals surface area contributed by atoms with Gasteiger partial charge in [0.15, 0.2) is 0 Å². The Hall–Kier alpha value is -3.28. The number of benzene rings is 1. The van der Waals surface area contributed by atoms with Gasteiger partial charge in [-0.2, -0.15) is 0 Å². The van der Waals surface area contributed by atoms with Crippen molar-refractivity contribution in [2.45, 2.75) is 0 Å². The number of hydrogen-bond acceptors (Lipinski definition) is 4. The Bertz CT molecular complexity index is 1050. The Kier molecular flexibility index (Phi) is 3.23. The van der Waals surface area contributed by atoms with Crippen molar-refractivity contribution in [1.29, 1.82) is 0 Å². The van der Waals surface area contributed by atoms with Crippen LogP contribution in [-0.4, -0.2) is 35.1 Å². The molecule has 0 saturated carbocycles. The summed E-state index contributed by atoms with van der Waals surface area (Å²) in [6.45, 7) is 0. The van der Waals surface area contributed by atoms with E-state index < -0.39 is 5.97 Å². The van der Waals surface area contributed by atoms with Gasteiger partial charge in [0.25, 0.3) is 0 Å². The van der Waals surface area contributed by atoms with Gasteiger partial charge in [0, 0.05) is 29.8 Å². The average Bonchev–Trinajstić information content (AvgIpc) is 3.25. The maximum atomic E-state index is 11.6. The summed E-state index contributed by atoms with van der Waals surface area (Å²) in [4.78, 5) is 24.3. The van der Waals surface area contributed by atoms with Gasteiger partial charge in [-0.05, 0) is 35.7 Å². The van der Waals surface area contributed by atoms with Gasteiger partial charge >= 0.3 is 5.97 Å². The highest BCUT2D eigenvalue weighted by Gasteiger charge is 2.12. The van der Waals surface area contributed by atoms with Crippen molar-refractivity contribution >= 4 is 39.3 Å². The summed E-state index contributed by atoms with van der Waals surface area (Å²) in [5.74, 6) is -0.403. The van der Waals surface area contributed by atoms with E-state index in [9.17, 15) is 4.79 Å². The third kappa shape index (κ3) is 2.28. The van der Waals surface area contributed by atoms with Gasteiger partial charge in [0.05, 0.1) is 19.0 Å². The molecule has 0 saturated heterocycles. The fourth-order valence-corrected chi connectivity index (χ4v) is 2.80. The zero-order valence-electron chi connectivity index (χ0n) is 13.3. The minimum Gasteiger partial charge on any atom is -0.464 e. The van der Waals surface area contributed by atoms with Crippen LogP contribution in [0.4, 0.5) is 11.4 Å². The fraction of sp³-hybridized carbons (Fsp3) is 0.111. The number of nitrogens with zero attached hydrogens (tertiary/aromatic N) is 2. The summed E-state index contributed by atoms with van der Waals surface area (Å²) in [6.07, 6.45) is 3.70. The third-order valence-corrected chi connectivity index (χ3v) is 4.17. The van der Waals surface area contributed by atoms with Crippen LogP contribution in [0.5, 0.6) is 0 Å². The van der Waals surface area contributed by atoms with E-state index in [-0.39, 0.29) is 0 Å². The molecule has 6 heteroatoms. The first kappa shape index (κ1) is 14.3. The lowest BCUT2D eigenvalue weighted by Crippen LogP contribution is -2.09. The molecule has 3 aromatic heterocycles. The predicted octanol–water partition coefficient (Wildman–Crippen LogP) is 3.60. The van der Waals surface area contributed by atoms with Crippen molar-refractivity contribution in [3.05, 3.63) is 54.5 Å². The normalized spacial score (nSPS) is 11.1. The molecule has 0 amide bonds. The average molecular weight is 320 g/mol. The number of fused-ring (bicyclic) bond motifs is 2. The van der Waals surface area contributed by atoms with Crippen molar-refractivity contribution in [2.24, 2.45) is 0 Å². The Labute approximate surface area is 138 Å². The molecule has 2 N–H and O–H groups in total. The van der Waals surface area contributed by atoms with Gasteiger partial charge < -0.3 is 19.6 Å². The van der Waals surface area contributed by atoms with E-state index in [0.29, 0.717) is 11.3 Å². The van der Waals surface area contributed by atoms with Crippen LogP contribution in [0, 0.1) is 0 Å². The van der Waals surface area contributed by atoms with E-state index in [1.54, 1.807) is 12.3 Å². The summed E-state index contributed by atoms with van der Waals surface area (Å²) in [5.41, 5.74) is 4.13. The lowest BCUT2D eigenvalue weighted by Gasteiger charge is -2.19. The Morgan fingerprint density at radius 2 is 2.00 bits per heavy atom. The molecule has 4 aromatic rings. The minimum atomic E-state index is -0.403. The molecule has 3 heterocycles. The summed E-state index contributed by atoms with van der Waals surface area (Å²) in [6, 6.07) is 12.0. The Morgan fingerprint density at radius 3 is 2.83 bits per heavy atom. The largest absolute Gasteiger partial charge is 0.464 e. The first-order valence-electron chi connectivity index (χ1n) is 7.53. The number of aromatic nitrogens is 3. The summed E-state index contributed by atoms with van der Waals surface area (Å²) >= 11 is 0. The molecular weight excluding hydrogens is 304 g/mol. The van der Waals surface area contributed by atoms with Gasteiger partial charge in [0.2, 0.25) is 0 Å². The molecular formula is C18H16N4O2. The van der Waals surface area contributed by atoms with Crippen molar-refractivity contribution < 1.29 is 9.53 Å². The first-order valence-corrected chi connectivity index (χ1v) is 7.53. The Balaban J connectivity index is 1.73. The molecule has 24 heavy (non-hydrogen) atoms. The molecule has 0 unspecified atom stereocenters. The van der Waals surface area contributed by atoms with E-state index in [0.717, 1.165) is 22.3 Å². The van der Waals surface area contributed by atoms with Crippen LogP contribution in [0.25, 0.3) is 21.9 Å². The molecule has 0 atom stereocenters. The second kappa shape index (κ2) is 5.42. The number of hydrogen-bond donors (Lipinski definition) is 2. The summed E-state index contributed by atoms with van der Waals surface area (Å²) in [5, 5.41) is 2.04. The van der Waals surface area contributed by atoms with Crippen LogP contribution in [0.2, 0.25) is 0 Å². The van der Waals surface area contributed by atoms with Crippen molar-refractivity contribution in [3.63, 3.8) is 0 Å².